The van der Waals surface area contributed by atoms with Crippen molar-refractivity contribution < 1.29 is 18.1 Å². The first-order valence-electron chi connectivity index (χ1n) is 7.25. The van der Waals surface area contributed by atoms with Crippen molar-refractivity contribution in [3.05, 3.63) is 58.3 Å². The second-order valence-corrected chi connectivity index (χ2v) is 7.77. The van der Waals surface area contributed by atoms with Gasteiger partial charge in [-0.1, -0.05) is 6.08 Å². The summed E-state index contributed by atoms with van der Waals surface area (Å²) in [6, 6.07) is 4.95. The number of fused-ring (bicyclic) bond motifs is 1. The van der Waals surface area contributed by atoms with E-state index in [1.807, 2.05) is 12.2 Å². The van der Waals surface area contributed by atoms with Crippen LogP contribution in [0.3, 0.4) is 0 Å². The van der Waals surface area contributed by atoms with E-state index in [1.54, 1.807) is 6.20 Å². The first kappa shape index (κ1) is 14.4. The summed E-state index contributed by atoms with van der Waals surface area (Å²) in [5.74, 6) is 0. The number of rotatable bonds is 3. The molecule has 1 fully saturated rings. The number of ether oxygens (including phenoxy) is 1. The van der Waals surface area contributed by atoms with Crippen LogP contribution in [0.15, 0.2) is 53.1 Å². The third-order valence-electron chi connectivity index (χ3n) is 4.56. The van der Waals surface area contributed by atoms with Gasteiger partial charge in [0, 0.05) is 37.7 Å². The number of hydrogen-bond donors (Lipinski definition) is 0. The van der Waals surface area contributed by atoms with Crippen molar-refractivity contribution in [2.24, 2.45) is 0 Å². The molecule has 8 heteroatoms. The maximum atomic E-state index is 12.7. The molecule has 4 rings (SSSR count). The Morgan fingerprint density at radius 1 is 1.30 bits per heavy atom. The fourth-order valence-corrected chi connectivity index (χ4v) is 4.69. The minimum Gasteiger partial charge on any atom is -0.359 e. The van der Waals surface area contributed by atoms with Crippen LogP contribution in [0.25, 0.3) is 0 Å². The zero-order valence-corrected chi connectivity index (χ0v) is 12.9. The molecule has 3 heterocycles. The molecule has 0 amide bonds. The van der Waals surface area contributed by atoms with E-state index in [0.29, 0.717) is 19.4 Å². The van der Waals surface area contributed by atoms with Crippen molar-refractivity contribution in [2.45, 2.75) is 29.4 Å². The van der Waals surface area contributed by atoms with Crippen molar-refractivity contribution in [3.63, 3.8) is 0 Å². The van der Waals surface area contributed by atoms with Crippen molar-refractivity contribution in [1.82, 2.24) is 4.31 Å². The lowest BCUT2D eigenvalue weighted by Crippen LogP contribution is -2.39. The van der Waals surface area contributed by atoms with Gasteiger partial charge in [-0.3, -0.25) is 14.4 Å². The molecular weight excluding hydrogens is 320 g/mol. The average molecular weight is 334 g/mol. The summed E-state index contributed by atoms with van der Waals surface area (Å²) in [5.41, 5.74) is 0.417. The summed E-state index contributed by atoms with van der Waals surface area (Å²) in [6.45, 7) is 0.319. The van der Waals surface area contributed by atoms with Gasteiger partial charge in [0.05, 0.1) is 15.9 Å². The highest BCUT2D eigenvalue weighted by Crippen LogP contribution is 2.47. The van der Waals surface area contributed by atoms with Crippen LogP contribution in [0.5, 0.6) is 0 Å². The lowest BCUT2D eigenvalue weighted by atomic mass is 9.85. The number of nitro benzene ring substituents is 1. The second-order valence-electron chi connectivity index (χ2n) is 5.88. The Balaban J connectivity index is 1.66. The molecule has 3 aliphatic rings. The minimum absolute atomic E-state index is 0.0447. The summed E-state index contributed by atoms with van der Waals surface area (Å²) in [5, 5.41) is 10.7. The zero-order valence-electron chi connectivity index (χ0n) is 12.1. The molecule has 7 nitrogen and oxygen atoms in total. The monoisotopic (exact) mass is 334 g/mol. The van der Waals surface area contributed by atoms with Crippen LogP contribution < -0.4 is 0 Å². The van der Waals surface area contributed by atoms with Gasteiger partial charge >= 0.3 is 0 Å². The number of nitrogens with zero attached hydrogens (tertiary/aromatic N) is 2. The molecular formula is C15H14N2O5S. The van der Waals surface area contributed by atoms with Crippen molar-refractivity contribution in [3.8, 4) is 0 Å². The van der Waals surface area contributed by atoms with Gasteiger partial charge in [-0.05, 0) is 23.8 Å². The van der Waals surface area contributed by atoms with E-state index in [2.05, 4.69) is 0 Å². The summed E-state index contributed by atoms with van der Waals surface area (Å²) >= 11 is 0. The molecule has 1 aromatic rings. The first-order valence-corrected chi connectivity index (χ1v) is 8.69. The quantitative estimate of drug-likeness (QED) is 0.479. The molecule has 0 unspecified atom stereocenters. The third kappa shape index (κ3) is 2.09. The molecule has 3 aliphatic heterocycles. The van der Waals surface area contributed by atoms with Crippen LogP contribution >= 0.6 is 0 Å². The standard InChI is InChI=1S/C15H14N2O5S/c18-17(19)12-1-3-14(4-2-12)23(20,21)16-8-7-15-6-5-13(22-15)9-11(15)10-16/h1-6,10,13H,7-9H2/t13-,15-/m0/s1. The number of sulfonamides is 1. The Hall–Kier alpha value is -2.19. The normalized spacial score (nSPS) is 28.6. The number of non-ortho nitro benzene ring substituents is 1. The van der Waals surface area contributed by atoms with E-state index >= 15 is 0 Å². The summed E-state index contributed by atoms with van der Waals surface area (Å²) in [6.07, 6.45) is 7.04. The highest BCUT2D eigenvalue weighted by molar-refractivity contribution is 7.89. The largest absolute Gasteiger partial charge is 0.359 e. The maximum Gasteiger partial charge on any atom is 0.269 e. The van der Waals surface area contributed by atoms with E-state index in [4.69, 9.17) is 4.74 Å². The van der Waals surface area contributed by atoms with Crippen molar-refractivity contribution in [1.29, 1.82) is 0 Å². The lowest BCUT2D eigenvalue weighted by Gasteiger charge is -2.34. The first-order chi connectivity index (χ1) is 10.9. The van der Waals surface area contributed by atoms with Crippen LogP contribution in [0.1, 0.15) is 12.8 Å². The summed E-state index contributed by atoms with van der Waals surface area (Å²) in [7, 11) is -3.71. The highest BCUT2D eigenvalue weighted by Gasteiger charge is 2.49. The molecule has 0 aliphatic carbocycles. The fraction of sp³-hybridized carbons (Fsp3) is 0.333. The highest BCUT2D eigenvalue weighted by atomic mass is 32.2. The zero-order chi connectivity index (χ0) is 16.2. The minimum atomic E-state index is -3.71. The number of nitro groups is 1. The molecule has 1 spiro atoms. The molecule has 0 saturated carbocycles. The van der Waals surface area contributed by atoms with Gasteiger partial charge < -0.3 is 4.74 Å². The fourth-order valence-electron chi connectivity index (χ4n) is 3.34. The molecule has 23 heavy (non-hydrogen) atoms. The Labute approximate surface area is 133 Å². The van der Waals surface area contributed by atoms with Gasteiger partial charge in [0.25, 0.3) is 15.7 Å². The topological polar surface area (TPSA) is 89.8 Å². The number of benzene rings is 1. The third-order valence-corrected chi connectivity index (χ3v) is 6.34. The van der Waals surface area contributed by atoms with Gasteiger partial charge in [0.15, 0.2) is 0 Å². The van der Waals surface area contributed by atoms with Gasteiger partial charge in [-0.25, -0.2) is 8.42 Å². The average Bonchev–Trinajstić information content (AvgIpc) is 3.11. The smallest absolute Gasteiger partial charge is 0.269 e. The van der Waals surface area contributed by atoms with Crippen molar-refractivity contribution in [2.75, 3.05) is 6.54 Å². The van der Waals surface area contributed by atoms with E-state index in [-0.39, 0.29) is 16.7 Å². The van der Waals surface area contributed by atoms with Crippen molar-refractivity contribution >= 4 is 15.7 Å². The van der Waals surface area contributed by atoms with Gasteiger partial charge in [0.2, 0.25) is 0 Å². The predicted octanol–water partition coefficient (Wildman–Crippen LogP) is 1.97. The molecule has 1 saturated heterocycles. The molecule has 0 N–H and O–H groups in total. The summed E-state index contributed by atoms with van der Waals surface area (Å²) in [4.78, 5) is 10.2. The van der Waals surface area contributed by atoms with Crippen LogP contribution in [-0.4, -0.2) is 35.9 Å². The Bertz CT molecular complexity index is 843. The van der Waals surface area contributed by atoms with Gasteiger partial charge in [-0.15, -0.1) is 0 Å². The van der Waals surface area contributed by atoms with Gasteiger partial charge in [0.1, 0.15) is 5.60 Å². The molecule has 1 aromatic carbocycles. The van der Waals surface area contributed by atoms with Crippen LogP contribution in [0, 0.1) is 10.1 Å². The maximum absolute atomic E-state index is 12.7. The van der Waals surface area contributed by atoms with E-state index in [1.165, 1.54) is 28.6 Å². The Kier molecular flexibility index (Phi) is 2.91. The molecule has 0 radical (unpaired) electrons. The summed E-state index contributed by atoms with van der Waals surface area (Å²) < 4.78 is 32.6. The molecule has 0 aromatic heterocycles. The predicted molar refractivity (Wildman–Crippen MR) is 81.0 cm³/mol. The Morgan fingerprint density at radius 3 is 2.70 bits per heavy atom. The Morgan fingerprint density at radius 2 is 2.04 bits per heavy atom. The van der Waals surface area contributed by atoms with Crippen LogP contribution in [0.4, 0.5) is 5.69 Å². The van der Waals surface area contributed by atoms with Crippen LogP contribution in [0.2, 0.25) is 0 Å². The molecule has 2 atom stereocenters. The van der Waals surface area contributed by atoms with Crippen LogP contribution in [-0.2, 0) is 14.8 Å². The van der Waals surface area contributed by atoms with E-state index in [0.717, 1.165) is 5.57 Å². The van der Waals surface area contributed by atoms with Gasteiger partial charge in [-0.2, -0.15) is 0 Å². The molecule has 2 bridgehead atoms. The molecule has 120 valence electrons. The second kappa shape index (κ2) is 4.65. The lowest BCUT2D eigenvalue weighted by molar-refractivity contribution is -0.384. The van der Waals surface area contributed by atoms with E-state index < -0.39 is 20.5 Å². The number of hydrogen-bond acceptors (Lipinski definition) is 5. The van der Waals surface area contributed by atoms with E-state index in [9.17, 15) is 18.5 Å². The SMILES string of the molecule is O=[N+]([O-])c1ccc(S(=O)(=O)N2C=C3C[C@@H]4C=C[C@@]3(CC2)O4)cc1.